The fraction of sp³-hybridized carbons (Fsp3) is 0.333. The van der Waals surface area contributed by atoms with E-state index in [-0.39, 0.29) is 24.1 Å². The summed E-state index contributed by atoms with van der Waals surface area (Å²) >= 11 is 0. The molecule has 7 heteroatoms. The molecule has 2 N–H and O–H groups in total. The molecule has 1 fully saturated rings. The summed E-state index contributed by atoms with van der Waals surface area (Å²) in [6.07, 6.45) is -0.368. The number of hydrogen-bond donors (Lipinski definition) is 2. The summed E-state index contributed by atoms with van der Waals surface area (Å²) in [4.78, 5) is 26.5. The standard InChI is InChI=1S/C36H39FN2O4/c1-22(2)26-11-8-12-28(19-26)38-36(42)33-32(24-9-6-5-7-10-24)35(25-13-15-27(37)16-14-25)39(34(33)23(3)4)18-17-30-20-29(40)21-31(41)43-30/h5-16,19,22-23,29-30,40H,17-18,20-21H2,1-4H3,(H,38,42). The quantitative estimate of drug-likeness (QED) is 0.197. The number of cyclic esters (lactones) is 1. The zero-order chi connectivity index (χ0) is 30.7. The number of rotatable bonds is 9. The molecule has 1 aromatic heterocycles. The Morgan fingerprint density at radius 2 is 1.70 bits per heavy atom. The van der Waals surface area contributed by atoms with Gasteiger partial charge in [0.1, 0.15) is 11.9 Å². The highest BCUT2D eigenvalue weighted by molar-refractivity contribution is 6.12. The van der Waals surface area contributed by atoms with E-state index in [1.165, 1.54) is 12.1 Å². The van der Waals surface area contributed by atoms with Crippen molar-refractivity contribution in [1.29, 1.82) is 0 Å². The molecule has 5 rings (SSSR count). The second-order valence-corrected chi connectivity index (χ2v) is 11.9. The number of benzene rings is 3. The van der Waals surface area contributed by atoms with Gasteiger partial charge in [-0.1, -0.05) is 70.2 Å². The van der Waals surface area contributed by atoms with Gasteiger partial charge in [-0.3, -0.25) is 9.59 Å². The van der Waals surface area contributed by atoms with Crippen LogP contribution in [0.2, 0.25) is 0 Å². The molecule has 3 aromatic carbocycles. The summed E-state index contributed by atoms with van der Waals surface area (Å²) in [5, 5.41) is 13.4. The number of ether oxygens (including phenoxy) is 1. The number of halogens is 1. The first-order chi connectivity index (χ1) is 20.6. The van der Waals surface area contributed by atoms with E-state index in [9.17, 15) is 19.1 Å². The number of aliphatic hydroxyl groups is 1. The Morgan fingerprint density at radius 3 is 2.35 bits per heavy atom. The Morgan fingerprint density at radius 1 is 0.977 bits per heavy atom. The van der Waals surface area contributed by atoms with Gasteiger partial charge in [-0.25, -0.2) is 4.39 Å². The van der Waals surface area contributed by atoms with Gasteiger partial charge in [0.05, 0.1) is 23.8 Å². The van der Waals surface area contributed by atoms with Crippen LogP contribution in [-0.2, 0) is 16.1 Å². The van der Waals surface area contributed by atoms with Crippen molar-refractivity contribution in [2.75, 3.05) is 5.32 Å². The third-order valence-electron chi connectivity index (χ3n) is 7.98. The number of anilines is 1. The number of carbonyl (C=O) groups is 2. The van der Waals surface area contributed by atoms with Gasteiger partial charge in [-0.2, -0.15) is 0 Å². The van der Waals surface area contributed by atoms with Crippen LogP contribution in [0.1, 0.15) is 80.4 Å². The predicted octanol–water partition coefficient (Wildman–Crippen LogP) is 7.92. The summed E-state index contributed by atoms with van der Waals surface area (Å²) < 4.78 is 21.8. The van der Waals surface area contributed by atoms with Gasteiger partial charge in [0.2, 0.25) is 0 Å². The lowest BCUT2D eigenvalue weighted by molar-refractivity contribution is -0.160. The minimum absolute atomic E-state index is 0.00141. The van der Waals surface area contributed by atoms with E-state index >= 15 is 0 Å². The van der Waals surface area contributed by atoms with Crippen LogP contribution in [0.25, 0.3) is 22.4 Å². The second-order valence-electron chi connectivity index (χ2n) is 11.9. The summed E-state index contributed by atoms with van der Waals surface area (Å²) in [6.45, 7) is 8.76. The Labute approximate surface area is 252 Å². The summed E-state index contributed by atoms with van der Waals surface area (Å²) in [5.74, 6) is -0.739. The van der Waals surface area contributed by atoms with Crippen LogP contribution in [0.3, 0.4) is 0 Å². The van der Waals surface area contributed by atoms with Crippen molar-refractivity contribution in [3.8, 4) is 22.4 Å². The van der Waals surface area contributed by atoms with Crippen molar-refractivity contribution in [1.82, 2.24) is 4.57 Å². The number of amides is 1. The lowest BCUT2D eigenvalue weighted by atomic mass is 9.94. The van der Waals surface area contributed by atoms with Gasteiger partial charge in [0.15, 0.2) is 0 Å². The maximum atomic E-state index is 14.4. The van der Waals surface area contributed by atoms with Gasteiger partial charge in [-0.05, 0) is 64.9 Å². The van der Waals surface area contributed by atoms with E-state index in [1.54, 1.807) is 12.1 Å². The molecule has 1 aliphatic rings. The van der Waals surface area contributed by atoms with E-state index < -0.39 is 18.2 Å². The van der Waals surface area contributed by atoms with Crippen molar-refractivity contribution in [3.63, 3.8) is 0 Å². The average Bonchev–Trinajstić information content (AvgIpc) is 3.32. The largest absolute Gasteiger partial charge is 0.462 e. The molecule has 0 spiro atoms. The molecule has 2 heterocycles. The second kappa shape index (κ2) is 13.0. The van der Waals surface area contributed by atoms with Crippen LogP contribution in [0, 0.1) is 5.82 Å². The van der Waals surface area contributed by atoms with Gasteiger partial charge in [0.25, 0.3) is 5.91 Å². The maximum Gasteiger partial charge on any atom is 0.308 e. The van der Waals surface area contributed by atoms with Gasteiger partial charge >= 0.3 is 5.97 Å². The highest BCUT2D eigenvalue weighted by Crippen LogP contribution is 2.43. The number of nitrogens with one attached hydrogen (secondary N) is 1. The molecule has 1 amide bonds. The van der Waals surface area contributed by atoms with Gasteiger partial charge in [0, 0.05) is 36.3 Å². The summed E-state index contributed by atoms with van der Waals surface area (Å²) in [7, 11) is 0. The Hall–Kier alpha value is -4.23. The number of carbonyl (C=O) groups excluding carboxylic acids is 2. The number of hydrogen-bond acceptors (Lipinski definition) is 4. The third kappa shape index (κ3) is 6.73. The molecule has 43 heavy (non-hydrogen) atoms. The molecule has 0 saturated carbocycles. The molecule has 2 atom stereocenters. The monoisotopic (exact) mass is 582 g/mol. The van der Waals surface area contributed by atoms with E-state index in [4.69, 9.17) is 4.74 Å². The SMILES string of the molecule is CC(C)c1cccc(NC(=O)c2c(-c3ccccc3)c(-c3ccc(F)cc3)n(CCC3CC(O)CC(=O)O3)c2C(C)C)c1. The molecular weight excluding hydrogens is 543 g/mol. The predicted molar refractivity (Wildman–Crippen MR) is 168 cm³/mol. The zero-order valence-electron chi connectivity index (χ0n) is 25.1. The molecule has 0 bridgehead atoms. The van der Waals surface area contributed by atoms with Crippen molar-refractivity contribution in [3.05, 3.63) is 102 Å². The zero-order valence-corrected chi connectivity index (χ0v) is 25.1. The number of nitrogens with zero attached hydrogens (tertiary/aromatic N) is 1. The van der Waals surface area contributed by atoms with Gasteiger partial charge in [-0.15, -0.1) is 0 Å². The van der Waals surface area contributed by atoms with Crippen LogP contribution < -0.4 is 5.32 Å². The highest BCUT2D eigenvalue weighted by atomic mass is 19.1. The Balaban J connectivity index is 1.70. The van der Waals surface area contributed by atoms with Crippen molar-refractivity contribution in [2.24, 2.45) is 0 Å². The molecule has 6 nitrogen and oxygen atoms in total. The molecule has 224 valence electrons. The van der Waals surface area contributed by atoms with E-state index in [2.05, 4.69) is 37.6 Å². The Bertz CT molecular complexity index is 1590. The number of aromatic nitrogens is 1. The minimum atomic E-state index is -0.736. The van der Waals surface area contributed by atoms with Crippen LogP contribution in [0.5, 0.6) is 0 Å². The topological polar surface area (TPSA) is 80.6 Å². The van der Waals surface area contributed by atoms with Crippen LogP contribution in [0.15, 0.2) is 78.9 Å². The molecule has 0 radical (unpaired) electrons. The first-order valence-corrected chi connectivity index (χ1v) is 15.0. The molecular formula is C36H39FN2O4. The minimum Gasteiger partial charge on any atom is -0.462 e. The molecule has 0 aliphatic carbocycles. The lowest BCUT2D eigenvalue weighted by Crippen LogP contribution is -2.33. The highest BCUT2D eigenvalue weighted by Gasteiger charge is 2.32. The van der Waals surface area contributed by atoms with Crippen LogP contribution in [-0.4, -0.2) is 33.8 Å². The van der Waals surface area contributed by atoms with Gasteiger partial charge < -0.3 is 19.7 Å². The van der Waals surface area contributed by atoms with Crippen molar-refractivity contribution < 1.29 is 23.8 Å². The smallest absolute Gasteiger partial charge is 0.308 e. The van der Waals surface area contributed by atoms with Crippen LogP contribution >= 0.6 is 0 Å². The van der Waals surface area contributed by atoms with Crippen LogP contribution in [0.4, 0.5) is 10.1 Å². The molecule has 1 aliphatic heterocycles. The van der Waals surface area contributed by atoms with E-state index in [1.807, 2.05) is 54.6 Å². The van der Waals surface area contributed by atoms with E-state index in [0.29, 0.717) is 36.6 Å². The summed E-state index contributed by atoms with van der Waals surface area (Å²) in [5.41, 5.74) is 6.40. The average molecular weight is 583 g/mol. The first-order valence-electron chi connectivity index (χ1n) is 15.0. The molecule has 1 saturated heterocycles. The normalized spacial score (nSPS) is 16.9. The number of aliphatic hydroxyl groups excluding tert-OH is 1. The summed E-state index contributed by atoms with van der Waals surface area (Å²) in [6, 6.07) is 24.0. The lowest BCUT2D eigenvalue weighted by Gasteiger charge is -2.27. The first kappa shape index (κ1) is 30.2. The molecule has 4 aromatic rings. The maximum absolute atomic E-state index is 14.4. The number of esters is 1. The van der Waals surface area contributed by atoms with E-state index in [0.717, 1.165) is 33.6 Å². The molecule has 2 unspecified atom stereocenters. The Kier molecular flexibility index (Phi) is 9.11. The third-order valence-corrected chi connectivity index (χ3v) is 7.98. The fourth-order valence-electron chi connectivity index (χ4n) is 5.97. The fourth-order valence-corrected chi connectivity index (χ4v) is 5.97. The van der Waals surface area contributed by atoms with Crippen molar-refractivity contribution in [2.45, 2.75) is 77.5 Å². The van der Waals surface area contributed by atoms with Crippen molar-refractivity contribution >= 4 is 17.6 Å².